The molecule has 2 aliphatic rings. The van der Waals surface area contributed by atoms with Crippen LogP contribution in [0.1, 0.15) is 26.0 Å². The Morgan fingerprint density at radius 1 is 1.48 bits per heavy atom. The first-order valence-electron chi connectivity index (χ1n) is 8.23. The van der Waals surface area contributed by atoms with Gasteiger partial charge in [0.2, 0.25) is 5.95 Å². The molecule has 25 heavy (non-hydrogen) atoms. The summed E-state index contributed by atoms with van der Waals surface area (Å²) < 4.78 is 12.5. The van der Waals surface area contributed by atoms with Crippen LogP contribution < -0.4 is 11.1 Å². The number of nitrogen functional groups attached to an aromatic ring is 1. The minimum Gasteiger partial charge on any atom is -0.387 e. The van der Waals surface area contributed by atoms with Gasteiger partial charge in [0.15, 0.2) is 23.2 Å². The lowest BCUT2D eigenvalue weighted by atomic mass is 9.96. The van der Waals surface area contributed by atoms with E-state index in [2.05, 4.69) is 20.3 Å². The topological polar surface area (TPSA) is 141 Å². The van der Waals surface area contributed by atoms with E-state index >= 15 is 0 Å². The van der Waals surface area contributed by atoms with Crippen LogP contribution in [0.3, 0.4) is 0 Å². The van der Waals surface area contributed by atoms with Crippen molar-refractivity contribution in [2.75, 3.05) is 24.8 Å². The monoisotopic (exact) mass is 350 g/mol. The Labute approximate surface area is 144 Å². The summed E-state index contributed by atoms with van der Waals surface area (Å²) in [6.45, 7) is 1.67. The molecular weight excluding hydrogens is 328 g/mol. The molecule has 0 amide bonds. The van der Waals surface area contributed by atoms with Crippen molar-refractivity contribution < 1.29 is 19.7 Å². The van der Waals surface area contributed by atoms with Crippen molar-refractivity contribution in [1.29, 1.82) is 0 Å². The van der Waals surface area contributed by atoms with E-state index < -0.39 is 24.0 Å². The van der Waals surface area contributed by atoms with E-state index in [1.807, 2.05) is 0 Å². The van der Waals surface area contributed by atoms with Gasteiger partial charge in [0.25, 0.3) is 0 Å². The second-order valence-corrected chi connectivity index (χ2v) is 6.83. The molecule has 2 aromatic rings. The fraction of sp³-hybridized carbons (Fsp3) is 0.667. The van der Waals surface area contributed by atoms with Gasteiger partial charge >= 0.3 is 0 Å². The number of aromatic nitrogens is 4. The fourth-order valence-electron chi connectivity index (χ4n) is 3.17. The van der Waals surface area contributed by atoms with Gasteiger partial charge in [-0.2, -0.15) is 9.97 Å². The zero-order valence-electron chi connectivity index (χ0n) is 14.1. The maximum absolute atomic E-state index is 10.8. The molecule has 3 heterocycles. The molecule has 4 rings (SSSR count). The number of aliphatic hydroxyl groups excluding tert-OH is 1. The molecule has 0 aromatic carbocycles. The van der Waals surface area contributed by atoms with Crippen molar-refractivity contribution >= 4 is 22.9 Å². The molecule has 0 bridgehead atoms. The highest BCUT2D eigenvalue weighted by Gasteiger charge is 2.53. The van der Waals surface area contributed by atoms with Gasteiger partial charge in [-0.25, -0.2) is 4.98 Å². The SMILES string of the molecule is COCC1OC(n2cnc3c(NC4CC4)nc(N)nc32)C(C)(O)C1O. The zero-order valence-corrected chi connectivity index (χ0v) is 14.1. The Morgan fingerprint density at radius 3 is 2.92 bits per heavy atom. The first-order chi connectivity index (χ1) is 11.9. The van der Waals surface area contributed by atoms with Gasteiger partial charge in [0.1, 0.15) is 17.8 Å². The lowest BCUT2D eigenvalue weighted by Gasteiger charge is -2.27. The standard InChI is InChI=1S/C15H22N6O4/c1-15(23)10(22)8(5-24-2)25-13(15)21-6-17-9-11(18-7-3-4-7)19-14(16)20-12(9)21/h6-8,10,13,22-23H,3-5H2,1-2H3,(H3,16,18,19,20). The van der Waals surface area contributed by atoms with Crippen LogP contribution in [0.15, 0.2) is 6.33 Å². The minimum absolute atomic E-state index is 0.101. The molecule has 0 spiro atoms. The van der Waals surface area contributed by atoms with Crippen molar-refractivity contribution in [1.82, 2.24) is 19.5 Å². The lowest BCUT2D eigenvalue weighted by molar-refractivity contribution is -0.0956. The molecule has 10 nitrogen and oxygen atoms in total. The number of methoxy groups -OCH3 is 1. The average molecular weight is 350 g/mol. The number of fused-ring (bicyclic) bond motifs is 1. The summed E-state index contributed by atoms with van der Waals surface area (Å²) >= 11 is 0. The maximum Gasteiger partial charge on any atom is 0.224 e. The highest BCUT2D eigenvalue weighted by molar-refractivity contribution is 5.84. The van der Waals surface area contributed by atoms with Crippen molar-refractivity contribution in [2.24, 2.45) is 0 Å². The van der Waals surface area contributed by atoms with Crippen LogP contribution in [0.5, 0.6) is 0 Å². The number of hydrogen-bond donors (Lipinski definition) is 4. The summed E-state index contributed by atoms with van der Waals surface area (Å²) in [5.74, 6) is 0.666. The van der Waals surface area contributed by atoms with Crippen LogP contribution in [-0.2, 0) is 9.47 Å². The Kier molecular flexibility index (Phi) is 3.80. The molecule has 0 radical (unpaired) electrons. The van der Waals surface area contributed by atoms with Crippen LogP contribution in [-0.4, -0.2) is 67.3 Å². The van der Waals surface area contributed by atoms with Crippen molar-refractivity contribution in [3.63, 3.8) is 0 Å². The third kappa shape index (κ3) is 2.71. The maximum atomic E-state index is 10.8. The third-order valence-electron chi connectivity index (χ3n) is 4.70. The molecule has 1 aliphatic carbocycles. The number of anilines is 2. The molecular formula is C15H22N6O4. The first-order valence-corrected chi connectivity index (χ1v) is 8.23. The first kappa shape index (κ1) is 16.5. The Bertz CT molecular complexity index is 790. The number of nitrogens with two attached hydrogens (primary N) is 1. The number of ether oxygens (including phenoxy) is 2. The molecule has 1 aliphatic heterocycles. The molecule has 2 fully saturated rings. The summed E-state index contributed by atoms with van der Waals surface area (Å²) in [4.78, 5) is 12.8. The molecule has 10 heteroatoms. The van der Waals surface area contributed by atoms with Crippen molar-refractivity contribution in [2.45, 2.75) is 49.8 Å². The second kappa shape index (κ2) is 5.77. The summed E-state index contributed by atoms with van der Waals surface area (Å²) in [7, 11) is 1.51. The van der Waals surface area contributed by atoms with E-state index in [-0.39, 0.29) is 12.6 Å². The van der Waals surface area contributed by atoms with E-state index in [1.54, 1.807) is 4.57 Å². The van der Waals surface area contributed by atoms with Gasteiger partial charge in [0, 0.05) is 13.2 Å². The number of imidazole rings is 1. The number of rotatable bonds is 5. The van der Waals surface area contributed by atoms with E-state index in [0.717, 1.165) is 12.8 Å². The minimum atomic E-state index is -1.54. The summed E-state index contributed by atoms with van der Waals surface area (Å²) in [5, 5.41) is 24.4. The summed E-state index contributed by atoms with van der Waals surface area (Å²) in [5.41, 5.74) is 5.28. The van der Waals surface area contributed by atoms with Gasteiger partial charge in [-0.05, 0) is 19.8 Å². The molecule has 1 saturated heterocycles. The number of nitrogens with one attached hydrogen (secondary N) is 1. The highest BCUT2D eigenvalue weighted by atomic mass is 16.6. The van der Waals surface area contributed by atoms with Gasteiger partial charge in [-0.3, -0.25) is 4.57 Å². The van der Waals surface area contributed by atoms with E-state index in [1.165, 1.54) is 20.4 Å². The van der Waals surface area contributed by atoms with Gasteiger partial charge in [-0.15, -0.1) is 0 Å². The summed E-state index contributed by atoms with van der Waals surface area (Å²) in [6.07, 6.45) is 1.02. The Balaban J connectivity index is 1.75. The molecule has 136 valence electrons. The van der Waals surface area contributed by atoms with E-state index in [4.69, 9.17) is 15.2 Å². The predicted molar refractivity (Wildman–Crippen MR) is 88.8 cm³/mol. The summed E-state index contributed by atoms with van der Waals surface area (Å²) in [6, 6.07) is 0.376. The van der Waals surface area contributed by atoms with Crippen LogP contribution in [0.2, 0.25) is 0 Å². The highest BCUT2D eigenvalue weighted by Crippen LogP contribution is 2.40. The van der Waals surface area contributed by atoms with Crippen LogP contribution in [0.25, 0.3) is 11.2 Å². The largest absolute Gasteiger partial charge is 0.387 e. The molecule has 1 saturated carbocycles. The van der Waals surface area contributed by atoms with Crippen molar-refractivity contribution in [3.8, 4) is 0 Å². The number of aliphatic hydroxyl groups is 2. The Hall–Kier alpha value is -2.01. The van der Waals surface area contributed by atoms with Crippen LogP contribution >= 0.6 is 0 Å². The Morgan fingerprint density at radius 2 is 2.24 bits per heavy atom. The second-order valence-electron chi connectivity index (χ2n) is 6.83. The normalized spacial score (nSPS) is 32.4. The lowest BCUT2D eigenvalue weighted by Crippen LogP contribution is -2.44. The van der Waals surface area contributed by atoms with Crippen molar-refractivity contribution in [3.05, 3.63) is 6.33 Å². The predicted octanol–water partition coefficient (Wildman–Crippen LogP) is -0.361. The fourth-order valence-corrected chi connectivity index (χ4v) is 3.17. The average Bonchev–Trinajstić information content (AvgIpc) is 3.23. The van der Waals surface area contributed by atoms with Crippen LogP contribution in [0, 0.1) is 0 Å². The van der Waals surface area contributed by atoms with E-state index in [0.29, 0.717) is 23.0 Å². The van der Waals surface area contributed by atoms with Gasteiger partial charge in [-0.1, -0.05) is 0 Å². The smallest absolute Gasteiger partial charge is 0.224 e. The van der Waals surface area contributed by atoms with Crippen LogP contribution in [0.4, 0.5) is 11.8 Å². The molecule has 5 N–H and O–H groups in total. The van der Waals surface area contributed by atoms with E-state index in [9.17, 15) is 10.2 Å². The molecule has 4 atom stereocenters. The van der Waals surface area contributed by atoms with Gasteiger partial charge in [0.05, 0.1) is 12.9 Å². The molecule has 4 unspecified atom stereocenters. The number of hydrogen-bond acceptors (Lipinski definition) is 9. The van der Waals surface area contributed by atoms with Gasteiger partial charge < -0.3 is 30.7 Å². The third-order valence-corrected chi connectivity index (χ3v) is 4.70. The number of nitrogens with zero attached hydrogens (tertiary/aromatic N) is 4. The molecule has 2 aromatic heterocycles. The zero-order chi connectivity index (χ0) is 17.8. The quantitative estimate of drug-likeness (QED) is 0.569.